The number of carbonyl (C=O) groups excluding carboxylic acids is 2. The number of hydrogen-bond acceptors (Lipinski definition) is 5. The van der Waals surface area contributed by atoms with Crippen molar-refractivity contribution >= 4 is 17.4 Å². The minimum Gasteiger partial charge on any atom is -0.491 e. The number of hydrogen-bond donors (Lipinski definition) is 0. The second kappa shape index (κ2) is 6.88. The van der Waals surface area contributed by atoms with Crippen LogP contribution in [0, 0.1) is 0 Å². The smallest absolute Gasteiger partial charge is 0.277 e. The van der Waals surface area contributed by atoms with Crippen LogP contribution < -0.4 is 4.74 Å². The summed E-state index contributed by atoms with van der Waals surface area (Å²) in [5, 5.41) is 0. The molecule has 0 atom stereocenters. The molecule has 25 heavy (non-hydrogen) atoms. The second-order valence-electron chi connectivity index (χ2n) is 6.87. The molecular formula is C19H25N3O3. The first kappa shape index (κ1) is 17.5. The summed E-state index contributed by atoms with van der Waals surface area (Å²) < 4.78 is 5.66. The van der Waals surface area contributed by atoms with Gasteiger partial charge < -0.3 is 14.5 Å². The first-order valence-electron chi connectivity index (χ1n) is 8.65. The quantitative estimate of drug-likeness (QED) is 0.774. The lowest BCUT2D eigenvalue weighted by molar-refractivity contribution is -0.136. The Morgan fingerprint density at radius 1 is 0.920 bits per heavy atom. The molecule has 2 heterocycles. The SMILES string of the molecule is CC(C)Oc1ccc(C2=C(N3CCN(C)CC3)C(=O)N(C)C2=O)cc1. The van der Waals surface area contributed by atoms with Crippen molar-refractivity contribution < 1.29 is 14.3 Å². The molecule has 0 aromatic heterocycles. The fraction of sp³-hybridized carbons (Fsp3) is 0.474. The van der Waals surface area contributed by atoms with Gasteiger partial charge in [0.15, 0.2) is 0 Å². The van der Waals surface area contributed by atoms with E-state index in [1.165, 1.54) is 4.90 Å². The van der Waals surface area contributed by atoms with Gasteiger partial charge in [0, 0.05) is 33.2 Å². The van der Waals surface area contributed by atoms with Crippen LogP contribution >= 0.6 is 0 Å². The second-order valence-corrected chi connectivity index (χ2v) is 6.87. The molecule has 134 valence electrons. The van der Waals surface area contributed by atoms with Crippen molar-refractivity contribution in [2.45, 2.75) is 20.0 Å². The number of likely N-dealkylation sites (N-methyl/N-ethyl adjacent to an activating group) is 2. The van der Waals surface area contributed by atoms with Crippen molar-refractivity contribution in [3.8, 4) is 5.75 Å². The van der Waals surface area contributed by atoms with E-state index in [4.69, 9.17) is 4.74 Å². The Morgan fingerprint density at radius 3 is 2.08 bits per heavy atom. The number of rotatable bonds is 4. The number of ether oxygens (including phenoxy) is 1. The van der Waals surface area contributed by atoms with Crippen LogP contribution in [0.5, 0.6) is 5.75 Å². The molecule has 3 rings (SSSR count). The van der Waals surface area contributed by atoms with E-state index in [9.17, 15) is 9.59 Å². The molecule has 1 saturated heterocycles. The summed E-state index contributed by atoms with van der Waals surface area (Å²) in [6.45, 7) is 7.19. The number of imide groups is 1. The maximum absolute atomic E-state index is 12.7. The van der Waals surface area contributed by atoms with Crippen LogP contribution in [0.15, 0.2) is 30.0 Å². The molecule has 1 fully saturated rings. The first-order valence-corrected chi connectivity index (χ1v) is 8.65. The lowest BCUT2D eigenvalue weighted by Crippen LogP contribution is -2.45. The van der Waals surface area contributed by atoms with Gasteiger partial charge >= 0.3 is 0 Å². The van der Waals surface area contributed by atoms with Crippen molar-refractivity contribution in [1.82, 2.24) is 14.7 Å². The normalized spacial score (nSPS) is 19.4. The minimum absolute atomic E-state index is 0.0896. The zero-order valence-electron chi connectivity index (χ0n) is 15.3. The van der Waals surface area contributed by atoms with Crippen LogP contribution in [0.25, 0.3) is 5.57 Å². The number of carbonyl (C=O) groups is 2. The van der Waals surface area contributed by atoms with Gasteiger partial charge in [0.25, 0.3) is 11.8 Å². The molecule has 0 unspecified atom stereocenters. The summed E-state index contributed by atoms with van der Waals surface area (Å²) in [4.78, 5) is 30.8. The fourth-order valence-electron chi connectivity index (χ4n) is 3.18. The number of amides is 2. The standard InChI is InChI=1S/C19H25N3O3/c1-13(2)25-15-7-5-14(6-8-15)16-17(19(24)21(4)18(16)23)22-11-9-20(3)10-12-22/h5-8,13H,9-12H2,1-4H3. The predicted molar refractivity (Wildman–Crippen MR) is 96.0 cm³/mol. The monoisotopic (exact) mass is 343 g/mol. The maximum atomic E-state index is 12.7. The number of benzene rings is 1. The zero-order valence-corrected chi connectivity index (χ0v) is 15.3. The first-order chi connectivity index (χ1) is 11.9. The van der Waals surface area contributed by atoms with E-state index in [1.807, 2.05) is 43.0 Å². The third-order valence-electron chi connectivity index (χ3n) is 4.60. The van der Waals surface area contributed by atoms with E-state index in [2.05, 4.69) is 11.9 Å². The number of nitrogens with zero attached hydrogens (tertiary/aromatic N) is 3. The molecule has 6 nitrogen and oxygen atoms in total. The van der Waals surface area contributed by atoms with E-state index in [-0.39, 0.29) is 17.9 Å². The van der Waals surface area contributed by atoms with Gasteiger partial charge in [0.05, 0.1) is 11.7 Å². The van der Waals surface area contributed by atoms with Gasteiger partial charge in [0.1, 0.15) is 11.4 Å². The highest BCUT2D eigenvalue weighted by Gasteiger charge is 2.39. The highest BCUT2D eigenvalue weighted by Crippen LogP contribution is 2.32. The molecule has 2 aliphatic rings. The van der Waals surface area contributed by atoms with Crippen LogP contribution in [-0.2, 0) is 9.59 Å². The highest BCUT2D eigenvalue weighted by molar-refractivity contribution is 6.35. The summed E-state index contributed by atoms with van der Waals surface area (Å²) >= 11 is 0. The predicted octanol–water partition coefficient (Wildman–Crippen LogP) is 1.43. The Labute approximate surface area is 148 Å². The van der Waals surface area contributed by atoms with Gasteiger partial charge in [-0.05, 0) is 38.6 Å². The van der Waals surface area contributed by atoms with Gasteiger partial charge in [-0.25, -0.2) is 0 Å². The minimum atomic E-state index is -0.239. The Hall–Kier alpha value is -2.34. The van der Waals surface area contributed by atoms with Crippen LogP contribution in [0.4, 0.5) is 0 Å². The highest BCUT2D eigenvalue weighted by atomic mass is 16.5. The lowest BCUT2D eigenvalue weighted by Gasteiger charge is -2.34. The molecular weight excluding hydrogens is 318 g/mol. The third-order valence-corrected chi connectivity index (χ3v) is 4.60. The molecule has 6 heteroatoms. The Bertz CT molecular complexity index is 701. The van der Waals surface area contributed by atoms with E-state index in [1.54, 1.807) is 7.05 Å². The largest absolute Gasteiger partial charge is 0.491 e. The number of piperazine rings is 1. The molecule has 0 bridgehead atoms. The zero-order chi connectivity index (χ0) is 18.1. The third kappa shape index (κ3) is 3.39. The van der Waals surface area contributed by atoms with E-state index >= 15 is 0 Å². The van der Waals surface area contributed by atoms with Crippen LogP contribution in [-0.4, -0.2) is 72.9 Å². The van der Waals surface area contributed by atoms with Gasteiger partial charge in [-0.2, -0.15) is 0 Å². The molecule has 0 saturated carbocycles. The topological polar surface area (TPSA) is 53.1 Å². The molecule has 0 aliphatic carbocycles. The fourth-order valence-corrected chi connectivity index (χ4v) is 3.18. The molecule has 2 amide bonds. The summed E-state index contributed by atoms with van der Waals surface area (Å²) in [6.07, 6.45) is 0.0896. The summed E-state index contributed by atoms with van der Waals surface area (Å²) in [5.74, 6) is 0.300. The van der Waals surface area contributed by atoms with Crippen molar-refractivity contribution in [3.63, 3.8) is 0 Å². The maximum Gasteiger partial charge on any atom is 0.277 e. The molecule has 0 N–H and O–H groups in total. The van der Waals surface area contributed by atoms with Crippen molar-refractivity contribution in [2.24, 2.45) is 0 Å². The van der Waals surface area contributed by atoms with E-state index in [0.29, 0.717) is 11.3 Å². The Morgan fingerprint density at radius 2 is 1.52 bits per heavy atom. The Kier molecular flexibility index (Phi) is 4.81. The molecule has 1 aromatic rings. The average Bonchev–Trinajstić information content (AvgIpc) is 2.80. The summed E-state index contributed by atoms with van der Waals surface area (Å²) in [5.41, 5.74) is 1.78. The average molecular weight is 343 g/mol. The van der Waals surface area contributed by atoms with Gasteiger partial charge in [-0.3, -0.25) is 14.5 Å². The van der Waals surface area contributed by atoms with Gasteiger partial charge in [-0.15, -0.1) is 0 Å². The van der Waals surface area contributed by atoms with Crippen LogP contribution in [0.3, 0.4) is 0 Å². The van der Waals surface area contributed by atoms with Crippen molar-refractivity contribution in [1.29, 1.82) is 0 Å². The molecule has 2 aliphatic heterocycles. The van der Waals surface area contributed by atoms with Gasteiger partial charge in [0.2, 0.25) is 0 Å². The van der Waals surface area contributed by atoms with Crippen LogP contribution in [0.1, 0.15) is 19.4 Å². The molecule has 0 spiro atoms. The summed E-state index contributed by atoms with van der Waals surface area (Å²) in [7, 11) is 3.61. The van der Waals surface area contributed by atoms with Crippen LogP contribution in [0.2, 0.25) is 0 Å². The molecule has 0 radical (unpaired) electrons. The van der Waals surface area contributed by atoms with E-state index < -0.39 is 0 Å². The molecule has 1 aromatic carbocycles. The van der Waals surface area contributed by atoms with Gasteiger partial charge in [-0.1, -0.05) is 12.1 Å². The lowest BCUT2D eigenvalue weighted by atomic mass is 10.0. The Balaban J connectivity index is 1.96. The van der Waals surface area contributed by atoms with Crippen molar-refractivity contribution in [2.75, 3.05) is 40.3 Å². The van der Waals surface area contributed by atoms with Crippen molar-refractivity contribution in [3.05, 3.63) is 35.5 Å². The van der Waals surface area contributed by atoms with E-state index in [0.717, 1.165) is 37.5 Å². The summed E-state index contributed by atoms with van der Waals surface area (Å²) in [6, 6.07) is 7.40.